The fourth-order valence-electron chi connectivity index (χ4n) is 4.53. The van der Waals surface area contributed by atoms with Gasteiger partial charge in [0.25, 0.3) is 0 Å². The molecule has 2 aliphatic rings. The highest BCUT2D eigenvalue weighted by Gasteiger charge is 2.38. The number of nitrogens with zero attached hydrogens (tertiary/aromatic N) is 2. The molecular weight excluding hydrogens is 488 g/mol. The van der Waals surface area contributed by atoms with Gasteiger partial charge in [0.15, 0.2) is 0 Å². The number of alkyl halides is 3. The van der Waals surface area contributed by atoms with Crippen LogP contribution in [0.3, 0.4) is 0 Å². The summed E-state index contributed by atoms with van der Waals surface area (Å²) in [7, 11) is 0. The van der Waals surface area contributed by atoms with Gasteiger partial charge in [-0.25, -0.2) is 9.18 Å². The number of hydrogen-bond acceptors (Lipinski definition) is 4. The minimum atomic E-state index is -5.08. The first-order valence-corrected chi connectivity index (χ1v) is 11.8. The molecule has 2 aromatic carbocycles. The number of hydrogen-bond donors (Lipinski definition) is 1. The largest absolute Gasteiger partial charge is 0.490 e. The van der Waals surface area contributed by atoms with Crippen LogP contribution in [0.4, 0.5) is 23.2 Å². The number of para-hydroxylation sites is 1. The normalized spacial score (nSPS) is 21.8. The van der Waals surface area contributed by atoms with E-state index in [0.29, 0.717) is 12.1 Å². The van der Waals surface area contributed by atoms with Crippen molar-refractivity contribution in [3.05, 3.63) is 64.9 Å². The Morgan fingerprint density at radius 2 is 1.71 bits per heavy atom. The van der Waals surface area contributed by atoms with Crippen molar-refractivity contribution in [2.24, 2.45) is 0 Å². The van der Waals surface area contributed by atoms with Crippen molar-refractivity contribution < 1.29 is 32.2 Å². The van der Waals surface area contributed by atoms with Crippen LogP contribution in [0.15, 0.2) is 48.5 Å². The van der Waals surface area contributed by atoms with Crippen LogP contribution in [0.2, 0.25) is 5.02 Å². The van der Waals surface area contributed by atoms with Crippen molar-refractivity contribution in [2.45, 2.75) is 50.6 Å². The summed E-state index contributed by atoms with van der Waals surface area (Å²) < 4.78 is 51.9. The quantitative estimate of drug-likeness (QED) is 0.550. The predicted octanol–water partition coefficient (Wildman–Crippen LogP) is 5.41. The molecule has 0 saturated carbocycles. The molecule has 10 heteroatoms. The molecular formula is C25H29ClF4N2O3. The van der Waals surface area contributed by atoms with E-state index in [9.17, 15) is 17.6 Å². The third-order valence-electron chi connectivity index (χ3n) is 6.26. The van der Waals surface area contributed by atoms with Crippen LogP contribution in [0.25, 0.3) is 0 Å². The van der Waals surface area contributed by atoms with Gasteiger partial charge in [-0.15, -0.1) is 0 Å². The molecule has 0 unspecified atom stereocenters. The van der Waals surface area contributed by atoms with Crippen molar-refractivity contribution in [1.82, 2.24) is 4.90 Å². The summed E-state index contributed by atoms with van der Waals surface area (Å²) in [5, 5.41) is 7.90. The van der Waals surface area contributed by atoms with Crippen LogP contribution in [-0.2, 0) is 16.0 Å². The minimum absolute atomic E-state index is 0.124. The van der Waals surface area contributed by atoms with Gasteiger partial charge in [-0.05, 0) is 56.0 Å². The molecule has 0 amide bonds. The fraction of sp³-hybridized carbons (Fsp3) is 0.480. The van der Waals surface area contributed by atoms with Crippen LogP contribution < -0.4 is 4.90 Å². The van der Waals surface area contributed by atoms with E-state index < -0.39 is 12.1 Å². The first kappa shape index (κ1) is 27.2. The molecule has 0 aromatic heterocycles. The van der Waals surface area contributed by atoms with Gasteiger partial charge < -0.3 is 14.7 Å². The number of rotatable bonds is 4. The SMILES string of the molecule is C[C@H]1CN(C2CCN(c3ccccc3F)CC2)[C@@H](Cc2ccc(Cl)cc2)CO1.O=C(O)C(F)(F)F. The average Bonchev–Trinajstić information content (AvgIpc) is 2.82. The number of aliphatic carboxylic acids is 1. The summed E-state index contributed by atoms with van der Waals surface area (Å²) in [6, 6.07) is 16.1. The highest BCUT2D eigenvalue weighted by Crippen LogP contribution is 2.28. The van der Waals surface area contributed by atoms with Crippen LogP contribution in [0.5, 0.6) is 0 Å². The number of carbonyl (C=O) groups is 1. The second-order valence-electron chi connectivity index (χ2n) is 8.80. The van der Waals surface area contributed by atoms with Gasteiger partial charge in [0.2, 0.25) is 0 Å². The average molecular weight is 517 g/mol. The molecule has 2 heterocycles. The van der Waals surface area contributed by atoms with E-state index in [1.807, 2.05) is 24.3 Å². The first-order chi connectivity index (χ1) is 16.5. The molecule has 0 spiro atoms. The van der Waals surface area contributed by atoms with Crippen molar-refractivity contribution in [3.63, 3.8) is 0 Å². The third kappa shape index (κ3) is 7.81. The highest BCUT2D eigenvalue weighted by molar-refractivity contribution is 6.30. The Bertz CT molecular complexity index is 966. The summed E-state index contributed by atoms with van der Waals surface area (Å²) >= 11 is 6.03. The Morgan fingerprint density at radius 1 is 1.11 bits per heavy atom. The number of benzene rings is 2. The van der Waals surface area contributed by atoms with E-state index in [-0.39, 0.29) is 11.9 Å². The molecule has 2 aliphatic heterocycles. The molecule has 0 aliphatic carbocycles. The zero-order valence-corrected chi connectivity index (χ0v) is 20.1. The summed E-state index contributed by atoms with van der Waals surface area (Å²) in [6.45, 7) is 5.66. The number of ether oxygens (including phenoxy) is 1. The lowest BCUT2D eigenvalue weighted by molar-refractivity contribution is -0.192. The summed E-state index contributed by atoms with van der Waals surface area (Å²) in [5.41, 5.74) is 2.02. The van der Waals surface area contributed by atoms with Crippen LogP contribution in [-0.4, -0.2) is 66.6 Å². The van der Waals surface area contributed by atoms with Gasteiger partial charge in [-0.1, -0.05) is 35.9 Å². The Hall–Kier alpha value is -2.36. The second kappa shape index (κ2) is 12.1. The molecule has 0 bridgehead atoms. The Labute approximate surface area is 207 Å². The molecule has 4 rings (SSSR count). The maximum atomic E-state index is 14.1. The van der Waals surface area contributed by atoms with Crippen molar-refractivity contribution in [3.8, 4) is 0 Å². The molecule has 2 saturated heterocycles. The molecule has 192 valence electrons. The molecule has 2 fully saturated rings. The maximum absolute atomic E-state index is 14.1. The van der Waals surface area contributed by atoms with Crippen LogP contribution in [0.1, 0.15) is 25.3 Å². The fourth-order valence-corrected chi connectivity index (χ4v) is 4.66. The van der Waals surface area contributed by atoms with Gasteiger partial charge in [0.05, 0.1) is 18.4 Å². The smallest absolute Gasteiger partial charge is 0.475 e. The summed E-state index contributed by atoms with van der Waals surface area (Å²) in [5.74, 6) is -2.88. The Kier molecular flexibility index (Phi) is 9.38. The van der Waals surface area contributed by atoms with Gasteiger partial charge in [0.1, 0.15) is 5.82 Å². The van der Waals surface area contributed by atoms with Gasteiger partial charge in [0, 0.05) is 36.7 Å². The molecule has 1 N–H and O–H groups in total. The lowest BCUT2D eigenvalue weighted by atomic mass is 9.96. The van der Waals surface area contributed by atoms with Crippen LogP contribution >= 0.6 is 11.6 Å². The van der Waals surface area contributed by atoms with Gasteiger partial charge in [-0.2, -0.15) is 13.2 Å². The van der Waals surface area contributed by atoms with E-state index in [1.54, 1.807) is 12.1 Å². The van der Waals surface area contributed by atoms with Crippen LogP contribution in [0, 0.1) is 5.82 Å². The monoisotopic (exact) mass is 516 g/mol. The number of carboxylic acids is 1. The highest BCUT2D eigenvalue weighted by atomic mass is 35.5. The van der Waals surface area contributed by atoms with E-state index >= 15 is 0 Å². The standard InChI is InChI=1S/C23H28ClFN2O.C2HF3O2/c1-17-15-27(21(16-28-17)14-18-6-8-19(24)9-7-18)20-10-12-26(13-11-20)23-5-3-2-4-22(23)25;3-2(4,5)1(6)7/h2-9,17,20-21H,10-16H2,1H3;(H,6,7)/t17-,21-;/m0./s1. The minimum Gasteiger partial charge on any atom is -0.475 e. The number of piperidine rings is 1. The molecule has 35 heavy (non-hydrogen) atoms. The number of morpholine rings is 1. The lowest BCUT2D eigenvalue weighted by Crippen LogP contribution is -2.56. The summed E-state index contributed by atoms with van der Waals surface area (Å²) in [4.78, 5) is 13.7. The molecule has 2 aromatic rings. The Morgan fingerprint density at radius 3 is 2.29 bits per heavy atom. The maximum Gasteiger partial charge on any atom is 0.490 e. The zero-order chi connectivity index (χ0) is 25.6. The van der Waals surface area contributed by atoms with E-state index in [2.05, 4.69) is 28.9 Å². The number of carboxylic acid groups (broad SMARTS) is 1. The summed E-state index contributed by atoms with van der Waals surface area (Å²) in [6.07, 6.45) is -1.75. The molecule has 5 nitrogen and oxygen atoms in total. The van der Waals surface area contributed by atoms with Crippen molar-refractivity contribution in [2.75, 3.05) is 31.1 Å². The Balaban J connectivity index is 0.000000429. The zero-order valence-electron chi connectivity index (χ0n) is 19.3. The van der Waals surface area contributed by atoms with Crippen molar-refractivity contribution in [1.29, 1.82) is 0 Å². The predicted molar refractivity (Wildman–Crippen MR) is 126 cm³/mol. The van der Waals surface area contributed by atoms with E-state index in [0.717, 1.165) is 56.2 Å². The van der Waals surface area contributed by atoms with E-state index in [4.69, 9.17) is 26.2 Å². The van der Waals surface area contributed by atoms with E-state index in [1.165, 1.54) is 5.56 Å². The van der Waals surface area contributed by atoms with Gasteiger partial charge >= 0.3 is 12.1 Å². The third-order valence-corrected chi connectivity index (χ3v) is 6.52. The van der Waals surface area contributed by atoms with Gasteiger partial charge in [-0.3, -0.25) is 4.90 Å². The topological polar surface area (TPSA) is 53.0 Å². The first-order valence-electron chi connectivity index (χ1n) is 11.5. The molecule has 0 radical (unpaired) electrons. The number of anilines is 1. The molecule has 2 atom stereocenters. The lowest BCUT2D eigenvalue weighted by Gasteiger charge is -2.46. The second-order valence-corrected chi connectivity index (χ2v) is 9.23. The van der Waals surface area contributed by atoms with Crippen molar-refractivity contribution >= 4 is 23.3 Å². The number of halogens is 5.